The van der Waals surface area contributed by atoms with Crippen LogP contribution < -0.4 is 5.32 Å². The van der Waals surface area contributed by atoms with E-state index >= 15 is 0 Å². The zero-order chi connectivity index (χ0) is 12.2. The smallest absolute Gasteiger partial charge is 0.0298 e. The summed E-state index contributed by atoms with van der Waals surface area (Å²) in [6.45, 7) is 8.71. The van der Waals surface area contributed by atoms with E-state index in [9.17, 15) is 0 Å². The first kappa shape index (κ1) is 15.0. The summed E-state index contributed by atoms with van der Waals surface area (Å²) in [4.78, 5) is 0. The van der Waals surface area contributed by atoms with Crippen LogP contribution in [0.2, 0.25) is 0 Å². The number of nitrogens with one attached hydrogen (secondary N) is 1. The predicted molar refractivity (Wildman–Crippen MR) is 74.5 cm³/mol. The van der Waals surface area contributed by atoms with E-state index in [0.717, 1.165) is 6.42 Å². The lowest BCUT2D eigenvalue weighted by molar-refractivity contribution is 0.566. The van der Waals surface area contributed by atoms with Gasteiger partial charge in [0.15, 0.2) is 0 Å². The molecule has 0 radical (unpaired) electrons. The molecule has 1 N–H and O–H groups in total. The predicted octanol–water partition coefficient (Wildman–Crippen LogP) is 4.58. The van der Waals surface area contributed by atoms with Gasteiger partial charge in [0.1, 0.15) is 0 Å². The molecular weight excluding hydrogens is 194 g/mol. The molecule has 1 atom stereocenters. The van der Waals surface area contributed by atoms with Crippen molar-refractivity contribution in [2.45, 2.75) is 59.4 Å². The SMILES string of the molecule is C\C=C(/C=C\C=C\CCC)NC(C)CCC. The molecule has 0 bridgehead atoms. The van der Waals surface area contributed by atoms with Crippen LogP contribution in [0.3, 0.4) is 0 Å². The largest absolute Gasteiger partial charge is 0.383 e. The average Bonchev–Trinajstić information content (AvgIpc) is 2.27. The molecule has 0 aromatic rings. The second kappa shape index (κ2) is 10.5. The molecule has 92 valence electrons. The second-order valence-electron chi connectivity index (χ2n) is 4.15. The fourth-order valence-electron chi connectivity index (χ4n) is 1.52. The van der Waals surface area contributed by atoms with Gasteiger partial charge in [-0.1, -0.05) is 51.0 Å². The van der Waals surface area contributed by atoms with E-state index in [1.165, 1.54) is 25.0 Å². The zero-order valence-corrected chi connectivity index (χ0v) is 11.3. The van der Waals surface area contributed by atoms with Crippen LogP contribution >= 0.6 is 0 Å². The summed E-state index contributed by atoms with van der Waals surface area (Å²) < 4.78 is 0. The molecule has 0 aliphatic heterocycles. The highest BCUT2D eigenvalue weighted by Gasteiger charge is 1.98. The van der Waals surface area contributed by atoms with Crippen LogP contribution in [0.5, 0.6) is 0 Å². The fraction of sp³-hybridized carbons (Fsp3) is 0.600. The van der Waals surface area contributed by atoms with Crippen molar-refractivity contribution in [1.82, 2.24) is 5.32 Å². The Labute approximate surface area is 101 Å². The third kappa shape index (κ3) is 8.34. The van der Waals surface area contributed by atoms with Gasteiger partial charge in [0.05, 0.1) is 0 Å². The summed E-state index contributed by atoms with van der Waals surface area (Å²) in [5.74, 6) is 0. The lowest BCUT2D eigenvalue weighted by atomic mass is 10.2. The Hall–Kier alpha value is -0.980. The molecular formula is C15H27N. The number of unbranched alkanes of at least 4 members (excludes halogenated alkanes) is 1. The van der Waals surface area contributed by atoms with E-state index < -0.39 is 0 Å². The monoisotopic (exact) mass is 221 g/mol. The Kier molecular flexibility index (Phi) is 9.89. The van der Waals surface area contributed by atoms with Gasteiger partial charge < -0.3 is 5.32 Å². The highest BCUT2D eigenvalue weighted by molar-refractivity contribution is 5.20. The van der Waals surface area contributed by atoms with E-state index in [-0.39, 0.29) is 0 Å². The van der Waals surface area contributed by atoms with Crippen molar-refractivity contribution in [1.29, 1.82) is 0 Å². The van der Waals surface area contributed by atoms with E-state index in [2.05, 4.69) is 63.4 Å². The maximum atomic E-state index is 3.50. The molecule has 0 saturated heterocycles. The van der Waals surface area contributed by atoms with E-state index in [1.54, 1.807) is 0 Å². The van der Waals surface area contributed by atoms with Gasteiger partial charge >= 0.3 is 0 Å². The Morgan fingerprint density at radius 3 is 2.50 bits per heavy atom. The highest BCUT2D eigenvalue weighted by atomic mass is 14.9. The van der Waals surface area contributed by atoms with E-state index in [1.807, 2.05) is 0 Å². The number of allylic oxidation sites excluding steroid dienone is 5. The Bertz CT molecular complexity index is 236. The third-order valence-corrected chi connectivity index (χ3v) is 2.42. The summed E-state index contributed by atoms with van der Waals surface area (Å²) in [5, 5.41) is 3.50. The van der Waals surface area contributed by atoms with E-state index in [4.69, 9.17) is 0 Å². The lowest BCUT2D eigenvalue weighted by Crippen LogP contribution is -2.24. The van der Waals surface area contributed by atoms with Crippen LogP contribution in [-0.4, -0.2) is 6.04 Å². The summed E-state index contributed by atoms with van der Waals surface area (Å²) >= 11 is 0. The van der Waals surface area contributed by atoms with Crippen LogP contribution in [0, 0.1) is 0 Å². The molecule has 0 aromatic carbocycles. The topological polar surface area (TPSA) is 12.0 Å². The average molecular weight is 221 g/mol. The standard InChI is InChI=1S/C15H27N/c1-5-8-9-10-11-13-15(7-3)16-14(4)12-6-2/h7,9-11,13-14,16H,5-6,8,12H2,1-4H3/b10-9+,13-11-,15-7+. The molecule has 0 aliphatic rings. The van der Waals surface area contributed by atoms with Crippen LogP contribution in [0.4, 0.5) is 0 Å². The van der Waals surface area contributed by atoms with Crippen molar-refractivity contribution in [2.24, 2.45) is 0 Å². The minimum Gasteiger partial charge on any atom is -0.383 e. The number of rotatable bonds is 8. The van der Waals surface area contributed by atoms with Crippen LogP contribution in [0.15, 0.2) is 36.1 Å². The summed E-state index contributed by atoms with van der Waals surface area (Å²) in [6, 6.07) is 0.556. The van der Waals surface area contributed by atoms with Crippen molar-refractivity contribution in [3.8, 4) is 0 Å². The lowest BCUT2D eigenvalue weighted by Gasteiger charge is -2.14. The maximum Gasteiger partial charge on any atom is 0.0298 e. The highest BCUT2D eigenvalue weighted by Crippen LogP contribution is 2.01. The Balaban J connectivity index is 4.01. The van der Waals surface area contributed by atoms with Gasteiger partial charge in [0.25, 0.3) is 0 Å². The molecule has 0 spiro atoms. The van der Waals surface area contributed by atoms with Crippen molar-refractivity contribution in [3.05, 3.63) is 36.1 Å². The summed E-state index contributed by atoms with van der Waals surface area (Å²) in [5.41, 5.74) is 1.21. The molecule has 1 heteroatoms. The van der Waals surface area contributed by atoms with Crippen molar-refractivity contribution in [3.63, 3.8) is 0 Å². The van der Waals surface area contributed by atoms with Crippen LogP contribution in [0.25, 0.3) is 0 Å². The Morgan fingerprint density at radius 2 is 1.94 bits per heavy atom. The van der Waals surface area contributed by atoms with Crippen LogP contribution in [-0.2, 0) is 0 Å². The quantitative estimate of drug-likeness (QED) is 0.591. The van der Waals surface area contributed by atoms with Gasteiger partial charge in [-0.15, -0.1) is 0 Å². The molecule has 0 aliphatic carbocycles. The summed E-state index contributed by atoms with van der Waals surface area (Å²) in [6.07, 6.45) is 15.5. The molecule has 1 unspecified atom stereocenters. The Morgan fingerprint density at radius 1 is 1.19 bits per heavy atom. The molecule has 0 heterocycles. The number of hydrogen-bond donors (Lipinski definition) is 1. The van der Waals surface area contributed by atoms with Crippen LogP contribution in [0.1, 0.15) is 53.4 Å². The van der Waals surface area contributed by atoms with E-state index in [0.29, 0.717) is 6.04 Å². The molecule has 0 fully saturated rings. The first-order valence-corrected chi connectivity index (χ1v) is 6.50. The maximum absolute atomic E-state index is 3.50. The third-order valence-electron chi connectivity index (χ3n) is 2.42. The van der Waals surface area contributed by atoms with Gasteiger partial charge in [-0.2, -0.15) is 0 Å². The molecule has 0 rings (SSSR count). The fourth-order valence-corrected chi connectivity index (χ4v) is 1.52. The van der Waals surface area contributed by atoms with Gasteiger partial charge in [0.2, 0.25) is 0 Å². The second-order valence-corrected chi connectivity index (χ2v) is 4.15. The van der Waals surface area contributed by atoms with Gasteiger partial charge in [-0.05, 0) is 32.8 Å². The molecule has 16 heavy (non-hydrogen) atoms. The van der Waals surface area contributed by atoms with Crippen molar-refractivity contribution in [2.75, 3.05) is 0 Å². The zero-order valence-electron chi connectivity index (χ0n) is 11.3. The van der Waals surface area contributed by atoms with Gasteiger partial charge in [0, 0.05) is 11.7 Å². The minimum absolute atomic E-state index is 0.556. The van der Waals surface area contributed by atoms with Gasteiger partial charge in [-0.3, -0.25) is 0 Å². The minimum atomic E-state index is 0.556. The molecule has 0 aromatic heterocycles. The first-order valence-electron chi connectivity index (χ1n) is 6.50. The first-order chi connectivity index (χ1) is 7.74. The van der Waals surface area contributed by atoms with Gasteiger partial charge in [-0.25, -0.2) is 0 Å². The molecule has 1 nitrogen and oxygen atoms in total. The number of hydrogen-bond acceptors (Lipinski definition) is 1. The molecule has 0 saturated carbocycles. The molecule has 0 amide bonds. The normalized spacial score (nSPS) is 14.9. The summed E-state index contributed by atoms with van der Waals surface area (Å²) in [7, 11) is 0. The van der Waals surface area contributed by atoms with Crippen molar-refractivity contribution >= 4 is 0 Å². The van der Waals surface area contributed by atoms with Crippen molar-refractivity contribution < 1.29 is 0 Å².